The van der Waals surface area contributed by atoms with Crippen molar-refractivity contribution in [1.82, 2.24) is 10.1 Å². The SMILES string of the molecule is CCOC(C)c1noc(CCCNc2ccccc2)n1. The fourth-order valence-electron chi connectivity index (χ4n) is 1.89. The van der Waals surface area contributed by atoms with Crippen LogP contribution < -0.4 is 5.32 Å². The molecule has 1 atom stereocenters. The minimum atomic E-state index is -0.111. The molecule has 2 rings (SSSR count). The maximum atomic E-state index is 5.43. The molecule has 20 heavy (non-hydrogen) atoms. The van der Waals surface area contributed by atoms with Gasteiger partial charge >= 0.3 is 0 Å². The van der Waals surface area contributed by atoms with Crippen LogP contribution in [-0.4, -0.2) is 23.3 Å². The molecule has 5 nitrogen and oxygen atoms in total. The van der Waals surface area contributed by atoms with Crippen molar-refractivity contribution in [2.45, 2.75) is 32.8 Å². The van der Waals surface area contributed by atoms with Crippen LogP contribution in [0.15, 0.2) is 34.9 Å². The van der Waals surface area contributed by atoms with Crippen molar-refractivity contribution < 1.29 is 9.26 Å². The third-order valence-corrected chi connectivity index (χ3v) is 2.93. The van der Waals surface area contributed by atoms with Gasteiger partial charge in [0, 0.05) is 25.3 Å². The Morgan fingerprint density at radius 3 is 2.85 bits per heavy atom. The predicted molar refractivity (Wildman–Crippen MR) is 77.6 cm³/mol. The first-order valence-corrected chi connectivity index (χ1v) is 7.02. The second-order valence-electron chi connectivity index (χ2n) is 4.54. The first-order chi connectivity index (χ1) is 9.79. The number of aromatic nitrogens is 2. The number of hydrogen-bond donors (Lipinski definition) is 1. The van der Waals surface area contributed by atoms with Crippen LogP contribution in [0.2, 0.25) is 0 Å². The summed E-state index contributed by atoms with van der Waals surface area (Å²) in [5, 5.41) is 7.29. The summed E-state index contributed by atoms with van der Waals surface area (Å²) in [6.07, 6.45) is 1.60. The highest BCUT2D eigenvalue weighted by molar-refractivity contribution is 5.42. The van der Waals surface area contributed by atoms with Gasteiger partial charge in [0.1, 0.15) is 6.10 Å². The van der Waals surface area contributed by atoms with Gasteiger partial charge < -0.3 is 14.6 Å². The number of benzene rings is 1. The number of nitrogens with zero attached hydrogens (tertiary/aromatic N) is 2. The molecule has 0 saturated carbocycles. The van der Waals surface area contributed by atoms with Crippen molar-refractivity contribution in [1.29, 1.82) is 0 Å². The molecule has 0 radical (unpaired) electrons. The zero-order chi connectivity index (χ0) is 14.2. The van der Waals surface area contributed by atoms with Gasteiger partial charge in [0.2, 0.25) is 5.89 Å². The highest BCUT2D eigenvalue weighted by Gasteiger charge is 2.13. The molecule has 1 N–H and O–H groups in total. The highest BCUT2D eigenvalue weighted by atomic mass is 16.5. The van der Waals surface area contributed by atoms with Gasteiger partial charge in [0.25, 0.3) is 0 Å². The van der Waals surface area contributed by atoms with Gasteiger partial charge in [-0.2, -0.15) is 4.98 Å². The van der Waals surface area contributed by atoms with E-state index in [2.05, 4.69) is 27.6 Å². The van der Waals surface area contributed by atoms with E-state index in [0.717, 1.165) is 25.1 Å². The summed E-state index contributed by atoms with van der Waals surface area (Å²) in [5.74, 6) is 1.29. The van der Waals surface area contributed by atoms with Gasteiger partial charge in [-0.15, -0.1) is 0 Å². The molecule has 2 aromatic rings. The van der Waals surface area contributed by atoms with Gasteiger partial charge in [0.15, 0.2) is 5.82 Å². The number of aryl methyl sites for hydroxylation is 1. The van der Waals surface area contributed by atoms with E-state index in [0.29, 0.717) is 18.3 Å². The van der Waals surface area contributed by atoms with Crippen molar-refractivity contribution in [3.05, 3.63) is 42.0 Å². The number of rotatable bonds is 8. The van der Waals surface area contributed by atoms with Crippen LogP contribution in [0.25, 0.3) is 0 Å². The topological polar surface area (TPSA) is 60.2 Å². The fourth-order valence-corrected chi connectivity index (χ4v) is 1.89. The van der Waals surface area contributed by atoms with Gasteiger partial charge in [-0.25, -0.2) is 0 Å². The Hall–Kier alpha value is -1.88. The van der Waals surface area contributed by atoms with Crippen molar-refractivity contribution in [2.75, 3.05) is 18.5 Å². The average molecular weight is 275 g/mol. The Labute approximate surface area is 119 Å². The largest absolute Gasteiger partial charge is 0.385 e. The van der Waals surface area contributed by atoms with E-state index >= 15 is 0 Å². The number of nitrogens with one attached hydrogen (secondary N) is 1. The summed E-state index contributed by atoms with van der Waals surface area (Å²) in [6, 6.07) is 10.1. The third-order valence-electron chi connectivity index (χ3n) is 2.93. The normalized spacial score (nSPS) is 12.3. The maximum absolute atomic E-state index is 5.43. The molecular formula is C15H21N3O2. The molecule has 0 aliphatic heterocycles. The lowest BCUT2D eigenvalue weighted by Crippen LogP contribution is -2.03. The summed E-state index contributed by atoms with van der Waals surface area (Å²) in [7, 11) is 0. The lowest BCUT2D eigenvalue weighted by atomic mass is 10.3. The van der Waals surface area contributed by atoms with Crippen molar-refractivity contribution in [2.24, 2.45) is 0 Å². The molecule has 0 amide bonds. The Morgan fingerprint density at radius 2 is 2.10 bits per heavy atom. The van der Waals surface area contributed by atoms with Crippen LogP contribution in [0.5, 0.6) is 0 Å². The summed E-state index contributed by atoms with van der Waals surface area (Å²) < 4.78 is 10.6. The molecule has 0 aliphatic rings. The molecule has 5 heteroatoms. The van der Waals surface area contributed by atoms with Crippen LogP contribution in [-0.2, 0) is 11.2 Å². The van der Waals surface area contributed by atoms with Crippen LogP contribution in [0.1, 0.15) is 38.1 Å². The minimum absolute atomic E-state index is 0.111. The molecule has 0 saturated heterocycles. The van der Waals surface area contributed by atoms with Gasteiger partial charge in [-0.1, -0.05) is 23.4 Å². The second kappa shape index (κ2) is 7.65. The van der Waals surface area contributed by atoms with Gasteiger partial charge in [0.05, 0.1) is 0 Å². The zero-order valence-corrected chi connectivity index (χ0v) is 12.0. The van der Waals surface area contributed by atoms with E-state index in [9.17, 15) is 0 Å². The molecule has 1 aromatic heterocycles. The molecule has 1 aromatic carbocycles. The second-order valence-corrected chi connectivity index (χ2v) is 4.54. The van der Waals surface area contributed by atoms with E-state index in [1.807, 2.05) is 32.0 Å². The summed E-state index contributed by atoms with van der Waals surface area (Å²) in [5.41, 5.74) is 1.13. The van der Waals surface area contributed by atoms with E-state index < -0.39 is 0 Å². The molecule has 1 heterocycles. The highest BCUT2D eigenvalue weighted by Crippen LogP contribution is 2.13. The summed E-state index contributed by atoms with van der Waals surface area (Å²) in [4.78, 5) is 4.34. The minimum Gasteiger partial charge on any atom is -0.385 e. The van der Waals surface area contributed by atoms with Crippen molar-refractivity contribution >= 4 is 5.69 Å². The number of anilines is 1. The van der Waals surface area contributed by atoms with Crippen molar-refractivity contribution in [3.63, 3.8) is 0 Å². The molecule has 1 unspecified atom stereocenters. The lowest BCUT2D eigenvalue weighted by molar-refractivity contribution is 0.0683. The summed E-state index contributed by atoms with van der Waals surface area (Å²) >= 11 is 0. The van der Waals surface area contributed by atoms with E-state index in [1.54, 1.807) is 0 Å². The zero-order valence-electron chi connectivity index (χ0n) is 12.0. The predicted octanol–water partition coefficient (Wildman–Crippen LogP) is 3.21. The van der Waals surface area contributed by atoms with Gasteiger partial charge in [-0.05, 0) is 32.4 Å². The number of para-hydroxylation sites is 1. The number of hydrogen-bond acceptors (Lipinski definition) is 5. The monoisotopic (exact) mass is 275 g/mol. The van der Waals surface area contributed by atoms with Crippen LogP contribution >= 0.6 is 0 Å². The molecular weight excluding hydrogens is 254 g/mol. The van der Waals surface area contributed by atoms with E-state index in [-0.39, 0.29) is 6.10 Å². The Balaban J connectivity index is 1.72. The Bertz CT molecular complexity index is 499. The first kappa shape index (κ1) is 14.5. The average Bonchev–Trinajstić information content (AvgIpc) is 2.94. The van der Waals surface area contributed by atoms with Crippen LogP contribution in [0, 0.1) is 0 Å². The van der Waals surface area contributed by atoms with E-state index in [1.165, 1.54) is 0 Å². The third kappa shape index (κ3) is 4.35. The fraction of sp³-hybridized carbons (Fsp3) is 0.467. The first-order valence-electron chi connectivity index (χ1n) is 7.02. The Kier molecular flexibility index (Phi) is 5.55. The molecule has 0 fully saturated rings. The summed E-state index contributed by atoms with van der Waals surface area (Å²) in [6.45, 7) is 5.40. The standard InChI is InChI=1S/C15H21N3O2/c1-3-19-12(2)15-17-14(20-18-15)10-7-11-16-13-8-5-4-6-9-13/h4-6,8-9,12,16H,3,7,10-11H2,1-2H3. The van der Waals surface area contributed by atoms with Crippen molar-refractivity contribution in [3.8, 4) is 0 Å². The van der Waals surface area contributed by atoms with Crippen LogP contribution in [0.4, 0.5) is 5.69 Å². The lowest BCUT2D eigenvalue weighted by Gasteiger charge is -2.05. The number of ether oxygens (including phenoxy) is 1. The quantitative estimate of drug-likeness (QED) is 0.750. The van der Waals surface area contributed by atoms with E-state index in [4.69, 9.17) is 9.26 Å². The molecule has 0 aliphatic carbocycles. The Morgan fingerprint density at radius 1 is 1.30 bits per heavy atom. The smallest absolute Gasteiger partial charge is 0.226 e. The maximum Gasteiger partial charge on any atom is 0.226 e. The molecule has 108 valence electrons. The molecule has 0 spiro atoms. The van der Waals surface area contributed by atoms with Crippen LogP contribution in [0.3, 0.4) is 0 Å². The molecule has 0 bridgehead atoms. The van der Waals surface area contributed by atoms with Gasteiger partial charge in [-0.3, -0.25) is 0 Å².